The molecule has 0 saturated heterocycles. The van der Waals surface area contributed by atoms with Crippen molar-refractivity contribution >= 4 is 23.5 Å². The Morgan fingerprint density at radius 3 is 2.36 bits per heavy atom. The number of fused-ring (bicyclic) bond motifs is 1. The van der Waals surface area contributed by atoms with Crippen molar-refractivity contribution in [1.29, 1.82) is 0 Å². The second-order valence-electron chi connectivity index (χ2n) is 6.64. The van der Waals surface area contributed by atoms with Crippen LogP contribution in [0.25, 0.3) is 0 Å². The van der Waals surface area contributed by atoms with Crippen LogP contribution in [-0.4, -0.2) is 37.6 Å². The molecule has 6 heteroatoms. The van der Waals surface area contributed by atoms with Gasteiger partial charge in [-0.25, -0.2) is 9.69 Å². The smallest absolute Gasteiger partial charge is 0.338 e. The van der Waals surface area contributed by atoms with Gasteiger partial charge in [0.2, 0.25) is 0 Å². The zero-order valence-electron chi connectivity index (χ0n) is 16.1. The average Bonchev–Trinajstić information content (AvgIpc) is 2.95. The highest BCUT2D eigenvalue weighted by molar-refractivity contribution is 6.34. The quantitative estimate of drug-likeness (QED) is 0.395. The SMILES string of the molecule is CCCCOCCOC(=O)c1ccc2c(c1)C(=O)N(c1ccc(C)cc1)C2=O. The fourth-order valence-electron chi connectivity index (χ4n) is 2.92. The van der Waals surface area contributed by atoms with Gasteiger partial charge in [0.25, 0.3) is 11.8 Å². The van der Waals surface area contributed by atoms with Gasteiger partial charge in [0.15, 0.2) is 0 Å². The molecule has 0 unspecified atom stereocenters. The topological polar surface area (TPSA) is 72.9 Å². The number of benzene rings is 2. The molecular formula is C22H23NO5. The third kappa shape index (κ3) is 4.12. The van der Waals surface area contributed by atoms with Crippen molar-refractivity contribution in [2.24, 2.45) is 0 Å². The Bertz CT molecular complexity index is 888. The van der Waals surface area contributed by atoms with E-state index in [1.165, 1.54) is 18.2 Å². The molecule has 1 aliphatic rings. The standard InChI is InChI=1S/C22H23NO5/c1-3-4-11-27-12-13-28-22(26)16-7-10-18-19(14-16)21(25)23(20(18)24)17-8-5-15(2)6-9-17/h5-10,14H,3-4,11-13H2,1-2H3. The van der Waals surface area contributed by atoms with E-state index >= 15 is 0 Å². The number of nitrogens with zero attached hydrogens (tertiary/aromatic N) is 1. The van der Waals surface area contributed by atoms with Crippen LogP contribution in [0.15, 0.2) is 42.5 Å². The fraction of sp³-hybridized carbons (Fsp3) is 0.318. The summed E-state index contributed by atoms with van der Waals surface area (Å²) in [5, 5.41) is 0. The highest BCUT2D eigenvalue weighted by Gasteiger charge is 2.37. The summed E-state index contributed by atoms with van der Waals surface area (Å²) in [7, 11) is 0. The van der Waals surface area contributed by atoms with E-state index < -0.39 is 17.8 Å². The third-order valence-electron chi connectivity index (χ3n) is 4.52. The Hall–Kier alpha value is -2.99. The summed E-state index contributed by atoms with van der Waals surface area (Å²) in [6, 6.07) is 11.6. The Kier molecular flexibility index (Phi) is 6.21. The van der Waals surface area contributed by atoms with E-state index in [1.54, 1.807) is 12.1 Å². The van der Waals surface area contributed by atoms with Gasteiger partial charge in [-0.15, -0.1) is 0 Å². The van der Waals surface area contributed by atoms with Gasteiger partial charge in [-0.1, -0.05) is 31.0 Å². The lowest BCUT2D eigenvalue weighted by molar-refractivity contribution is 0.0313. The normalized spacial score (nSPS) is 13.0. The predicted molar refractivity (Wildman–Crippen MR) is 105 cm³/mol. The van der Waals surface area contributed by atoms with E-state index in [4.69, 9.17) is 9.47 Å². The number of hydrogen-bond donors (Lipinski definition) is 0. The van der Waals surface area contributed by atoms with Gasteiger partial charge in [0.1, 0.15) is 6.61 Å². The van der Waals surface area contributed by atoms with Crippen molar-refractivity contribution in [2.75, 3.05) is 24.7 Å². The number of imide groups is 1. The number of esters is 1. The first kappa shape index (κ1) is 19.8. The van der Waals surface area contributed by atoms with Crippen LogP contribution in [0.3, 0.4) is 0 Å². The molecule has 0 spiro atoms. The molecule has 0 aliphatic carbocycles. The van der Waals surface area contributed by atoms with Gasteiger partial charge in [0, 0.05) is 6.61 Å². The molecule has 6 nitrogen and oxygen atoms in total. The van der Waals surface area contributed by atoms with Crippen LogP contribution in [0.2, 0.25) is 0 Å². The van der Waals surface area contributed by atoms with Crippen molar-refractivity contribution in [3.05, 3.63) is 64.7 Å². The lowest BCUT2D eigenvalue weighted by Crippen LogP contribution is -2.29. The molecule has 2 aromatic carbocycles. The van der Waals surface area contributed by atoms with Crippen LogP contribution < -0.4 is 4.90 Å². The van der Waals surface area contributed by atoms with E-state index in [1.807, 2.05) is 19.1 Å². The number of anilines is 1. The molecule has 0 saturated carbocycles. The van der Waals surface area contributed by atoms with Crippen molar-refractivity contribution in [3.63, 3.8) is 0 Å². The number of hydrogen-bond acceptors (Lipinski definition) is 5. The second-order valence-corrected chi connectivity index (χ2v) is 6.64. The average molecular weight is 381 g/mol. The maximum Gasteiger partial charge on any atom is 0.338 e. The van der Waals surface area contributed by atoms with E-state index in [9.17, 15) is 14.4 Å². The van der Waals surface area contributed by atoms with Crippen LogP contribution in [0.5, 0.6) is 0 Å². The zero-order chi connectivity index (χ0) is 20.1. The molecule has 28 heavy (non-hydrogen) atoms. The molecule has 0 aromatic heterocycles. The van der Waals surface area contributed by atoms with Crippen LogP contribution in [0.1, 0.15) is 56.4 Å². The fourth-order valence-corrected chi connectivity index (χ4v) is 2.92. The molecule has 0 bridgehead atoms. The summed E-state index contributed by atoms with van der Waals surface area (Å²) >= 11 is 0. The Morgan fingerprint density at radius 1 is 0.929 bits per heavy atom. The Balaban J connectivity index is 1.69. The van der Waals surface area contributed by atoms with Gasteiger partial charge < -0.3 is 9.47 Å². The molecule has 3 rings (SSSR count). The van der Waals surface area contributed by atoms with E-state index in [0.717, 1.165) is 23.3 Å². The summed E-state index contributed by atoms with van der Waals surface area (Å²) in [6.45, 7) is 5.11. The maximum absolute atomic E-state index is 12.8. The minimum Gasteiger partial charge on any atom is -0.460 e. The van der Waals surface area contributed by atoms with Crippen molar-refractivity contribution in [3.8, 4) is 0 Å². The number of rotatable bonds is 8. The summed E-state index contributed by atoms with van der Waals surface area (Å²) in [5.74, 6) is -1.38. The monoisotopic (exact) mass is 381 g/mol. The van der Waals surface area contributed by atoms with E-state index in [2.05, 4.69) is 6.92 Å². The summed E-state index contributed by atoms with van der Waals surface area (Å²) in [6.07, 6.45) is 2.01. The first-order chi connectivity index (χ1) is 13.5. The van der Waals surface area contributed by atoms with E-state index in [-0.39, 0.29) is 23.3 Å². The van der Waals surface area contributed by atoms with Gasteiger partial charge in [-0.2, -0.15) is 0 Å². The van der Waals surface area contributed by atoms with Gasteiger partial charge in [-0.05, 0) is 43.7 Å². The predicted octanol–water partition coefficient (Wildman–Crippen LogP) is 3.77. The van der Waals surface area contributed by atoms with Crippen molar-refractivity contribution in [1.82, 2.24) is 0 Å². The highest BCUT2D eigenvalue weighted by Crippen LogP contribution is 2.29. The van der Waals surface area contributed by atoms with Crippen LogP contribution >= 0.6 is 0 Å². The first-order valence-corrected chi connectivity index (χ1v) is 9.37. The zero-order valence-corrected chi connectivity index (χ0v) is 16.1. The van der Waals surface area contributed by atoms with Gasteiger partial charge >= 0.3 is 5.97 Å². The molecule has 1 aliphatic heterocycles. The third-order valence-corrected chi connectivity index (χ3v) is 4.52. The number of amides is 2. The Labute approximate surface area is 164 Å². The largest absolute Gasteiger partial charge is 0.460 e. The molecule has 0 radical (unpaired) electrons. The number of carbonyl (C=O) groups excluding carboxylic acids is 3. The number of aryl methyl sites for hydroxylation is 1. The second kappa shape index (κ2) is 8.80. The number of unbranched alkanes of at least 4 members (excludes halogenated alkanes) is 1. The molecule has 1 heterocycles. The highest BCUT2D eigenvalue weighted by atomic mass is 16.6. The molecular weight excluding hydrogens is 358 g/mol. The van der Waals surface area contributed by atoms with Crippen molar-refractivity contribution in [2.45, 2.75) is 26.7 Å². The minimum atomic E-state index is -0.545. The summed E-state index contributed by atoms with van der Waals surface area (Å²) < 4.78 is 10.5. The summed E-state index contributed by atoms with van der Waals surface area (Å²) in [4.78, 5) is 38.8. The number of ether oxygens (including phenoxy) is 2. The molecule has 146 valence electrons. The van der Waals surface area contributed by atoms with Crippen LogP contribution in [0, 0.1) is 6.92 Å². The van der Waals surface area contributed by atoms with Gasteiger partial charge in [0.05, 0.1) is 29.0 Å². The molecule has 2 amide bonds. The van der Waals surface area contributed by atoms with E-state index in [0.29, 0.717) is 18.9 Å². The van der Waals surface area contributed by atoms with Gasteiger partial charge in [-0.3, -0.25) is 9.59 Å². The van der Waals surface area contributed by atoms with Crippen molar-refractivity contribution < 1.29 is 23.9 Å². The first-order valence-electron chi connectivity index (χ1n) is 9.37. The molecule has 2 aromatic rings. The summed E-state index contributed by atoms with van der Waals surface area (Å²) in [5.41, 5.74) is 2.26. The lowest BCUT2D eigenvalue weighted by atomic mass is 10.1. The number of carbonyl (C=O) groups is 3. The minimum absolute atomic E-state index is 0.141. The lowest BCUT2D eigenvalue weighted by Gasteiger charge is -2.13. The van der Waals surface area contributed by atoms with Crippen LogP contribution in [-0.2, 0) is 9.47 Å². The van der Waals surface area contributed by atoms with Crippen LogP contribution in [0.4, 0.5) is 5.69 Å². The molecule has 0 atom stereocenters. The molecule has 0 N–H and O–H groups in total. The molecule has 0 fully saturated rings. The maximum atomic E-state index is 12.8. The Morgan fingerprint density at radius 2 is 1.64 bits per heavy atom.